The van der Waals surface area contributed by atoms with Crippen LogP contribution in [0.15, 0.2) is 46.1 Å². The van der Waals surface area contributed by atoms with Crippen LogP contribution in [-0.4, -0.2) is 23.8 Å². The van der Waals surface area contributed by atoms with Crippen molar-refractivity contribution < 1.29 is 9.59 Å². The Bertz CT molecular complexity index is 785. The lowest BCUT2D eigenvalue weighted by Crippen LogP contribution is -2.42. The molecule has 0 radical (unpaired) electrons. The van der Waals surface area contributed by atoms with E-state index in [0.29, 0.717) is 40.1 Å². The minimum Gasteiger partial charge on any atom is -0.312 e. The van der Waals surface area contributed by atoms with Crippen molar-refractivity contribution in [1.29, 1.82) is 0 Å². The SMILES string of the molecule is CC/C=C/C(Cl)=C(Cl)\C=C(/C)NC(=O)N1CCCc2ccc(C=O)nc21. The first-order valence-corrected chi connectivity index (χ1v) is 9.15. The molecule has 2 heterocycles. The van der Waals surface area contributed by atoms with Gasteiger partial charge in [0.1, 0.15) is 11.5 Å². The van der Waals surface area contributed by atoms with E-state index in [-0.39, 0.29) is 6.03 Å². The zero-order chi connectivity index (χ0) is 19.1. The van der Waals surface area contributed by atoms with Crippen LogP contribution in [0, 0.1) is 0 Å². The normalized spacial score (nSPS) is 15.5. The predicted octanol–water partition coefficient (Wildman–Crippen LogP) is 4.92. The molecule has 26 heavy (non-hydrogen) atoms. The highest BCUT2D eigenvalue weighted by Crippen LogP contribution is 2.25. The van der Waals surface area contributed by atoms with Crippen LogP contribution in [-0.2, 0) is 6.42 Å². The van der Waals surface area contributed by atoms with Crippen molar-refractivity contribution >= 4 is 41.3 Å². The van der Waals surface area contributed by atoms with E-state index in [4.69, 9.17) is 23.2 Å². The molecule has 1 aliphatic rings. The van der Waals surface area contributed by atoms with Gasteiger partial charge in [0, 0.05) is 12.2 Å². The van der Waals surface area contributed by atoms with Gasteiger partial charge >= 0.3 is 6.03 Å². The van der Waals surface area contributed by atoms with Gasteiger partial charge in [-0.2, -0.15) is 0 Å². The smallest absolute Gasteiger partial charge is 0.312 e. The van der Waals surface area contributed by atoms with E-state index in [0.717, 1.165) is 24.8 Å². The number of nitrogens with zero attached hydrogens (tertiary/aromatic N) is 2. The van der Waals surface area contributed by atoms with Crippen LogP contribution in [0.1, 0.15) is 42.7 Å². The number of urea groups is 1. The Morgan fingerprint density at radius 2 is 2.12 bits per heavy atom. The number of allylic oxidation sites excluding steroid dienone is 6. The molecule has 0 saturated carbocycles. The molecule has 0 saturated heterocycles. The highest BCUT2D eigenvalue weighted by Gasteiger charge is 2.24. The molecule has 1 aromatic heterocycles. The molecule has 7 heteroatoms. The number of aromatic nitrogens is 1. The van der Waals surface area contributed by atoms with Crippen LogP contribution in [0.3, 0.4) is 0 Å². The molecule has 0 unspecified atom stereocenters. The van der Waals surface area contributed by atoms with E-state index >= 15 is 0 Å². The van der Waals surface area contributed by atoms with Crippen molar-refractivity contribution in [1.82, 2.24) is 10.3 Å². The number of hydrogen-bond donors (Lipinski definition) is 1. The van der Waals surface area contributed by atoms with E-state index in [1.54, 1.807) is 30.0 Å². The molecular formula is C19H21Cl2N3O2. The zero-order valence-electron chi connectivity index (χ0n) is 14.8. The fourth-order valence-electron chi connectivity index (χ4n) is 2.55. The van der Waals surface area contributed by atoms with Crippen LogP contribution < -0.4 is 10.2 Å². The molecule has 0 aliphatic carbocycles. The van der Waals surface area contributed by atoms with Gasteiger partial charge in [-0.25, -0.2) is 9.78 Å². The molecule has 0 atom stereocenters. The first-order valence-electron chi connectivity index (χ1n) is 8.40. The summed E-state index contributed by atoms with van der Waals surface area (Å²) >= 11 is 12.2. The molecule has 0 fully saturated rings. The fraction of sp³-hybridized carbons (Fsp3) is 0.316. The predicted molar refractivity (Wildman–Crippen MR) is 106 cm³/mol. The summed E-state index contributed by atoms with van der Waals surface area (Å²) in [6.45, 7) is 4.26. The molecule has 5 nitrogen and oxygen atoms in total. The topological polar surface area (TPSA) is 62.3 Å². The van der Waals surface area contributed by atoms with Crippen molar-refractivity contribution in [3.05, 3.63) is 57.4 Å². The quantitative estimate of drug-likeness (QED) is 0.570. The van der Waals surface area contributed by atoms with Crippen LogP contribution >= 0.6 is 23.2 Å². The van der Waals surface area contributed by atoms with E-state index in [9.17, 15) is 9.59 Å². The molecule has 138 valence electrons. The van der Waals surface area contributed by atoms with Crippen molar-refractivity contribution in [2.75, 3.05) is 11.4 Å². The molecule has 1 N–H and O–H groups in total. The average Bonchev–Trinajstić information content (AvgIpc) is 2.64. The summed E-state index contributed by atoms with van der Waals surface area (Å²) in [5.41, 5.74) is 1.81. The van der Waals surface area contributed by atoms with Gasteiger partial charge in [-0.1, -0.05) is 42.3 Å². The second-order valence-corrected chi connectivity index (χ2v) is 6.67. The zero-order valence-corrected chi connectivity index (χ0v) is 16.3. The highest BCUT2D eigenvalue weighted by atomic mass is 35.5. The Kier molecular flexibility index (Phi) is 7.42. The van der Waals surface area contributed by atoms with E-state index < -0.39 is 0 Å². The number of carbonyl (C=O) groups excluding carboxylic acids is 2. The lowest BCUT2D eigenvalue weighted by Gasteiger charge is -2.28. The maximum atomic E-state index is 12.6. The largest absolute Gasteiger partial charge is 0.327 e. The van der Waals surface area contributed by atoms with Gasteiger partial charge in [-0.15, -0.1) is 0 Å². The van der Waals surface area contributed by atoms with Crippen molar-refractivity contribution in [2.24, 2.45) is 0 Å². The summed E-state index contributed by atoms with van der Waals surface area (Å²) < 4.78 is 0. The first-order chi connectivity index (χ1) is 12.5. The summed E-state index contributed by atoms with van der Waals surface area (Å²) in [6, 6.07) is 3.18. The Balaban J connectivity index is 2.17. The molecule has 0 spiro atoms. The summed E-state index contributed by atoms with van der Waals surface area (Å²) in [7, 11) is 0. The Labute approximate surface area is 163 Å². The summed E-state index contributed by atoms with van der Waals surface area (Å²) in [4.78, 5) is 29.4. The number of nitrogens with one attached hydrogen (secondary N) is 1. The van der Waals surface area contributed by atoms with Gasteiger partial charge < -0.3 is 5.32 Å². The summed E-state index contributed by atoms with van der Waals surface area (Å²) in [5.74, 6) is 0.525. The molecular weight excluding hydrogens is 373 g/mol. The van der Waals surface area contributed by atoms with Crippen LogP contribution in [0.25, 0.3) is 0 Å². The van der Waals surface area contributed by atoms with Crippen LogP contribution in [0.5, 0.6) is 0 Å². The lowest BCUT2D eigenvalue weighted by molar-refractivity contribution is 0.111. The number of rotatable bonds is 5. The molecule has 0 bridgehead atoms. The number of aryl methyl sites for hydroxylation is 1. The Morgan fingerprint density at radius 3 is 2.81 bits per heavy atom. The number of fused-ring (bicyclic) bond motifs is 1. The fourth-order valence-corrected chi connectivity index (χ4v) is 2.92. The number of carbonyl (C=O) groups is 2. The maximum Gasteiger partial charge on any atom is 0.327 e. The van der Waals surface area contributed by atoms with Gasteiger partial charge in [0.15, 0.2) is 6.29 Å². The second-order valence-electron chi connectivity index (χ2n) is 5.86. The molecule has 1 aliphatic heterocycles. The third-order valence-corrected chi connectivity index (χ3v) is 4.54. The minimum atomic E-state index is -0.320. The Morgan fingerprint density at radius 1 is 1.35 bits per heavy atom. The van der Waals surface area contributed by atoms with Crippen molar-refractivity contribution in [2.45, 2.75) is 33.1 Å². The number of halogens is 2. The third kappa shape index (κ3) is 5.19. The van der Waals surface area contributed by atoms with E-state index in [1.165, 1.54) is 0 Å². The maximum absolute atomic E-state index is 12.6. The number of hydrogen-bond acceptors (Lipinski definition) is 3. The molecule has 1 aromatic rings. The number of amides is 2. The molecule has 2 rings (SSSR count). The highest BCUT2D eigenvalue weighted by molar-refractivity contribution is 6.41. The van der Waals surface area contributed by atoms with Crippen molar-refractivity contribution in [3.63, 3.8) is 0 Å². The number of aldehydes is 1. The van der Waals surface area contributed by atoms with E-state index in [2.05, 4.69) is 10.3 Å². The van der Waals surface area contributed by atoms with Gasteiger partial charge in [0.25, 0.3) is 0 Å². The van der Waals surface area contributed by atoms with Crippen LogP contribution in [0.4, 0.5) is 10.6 Å². The van der Waals surface area contributed by atoms with Gasteiger partial charge in [-0.3, -0.25) is 9.69 Å². The third-order valence-electron chi connectivity index (χ3n) is 3.80. The van der Waals surface area contributed by atoms with Crippen LogP contribution in [0.2, 0.25) is 0 Å². The van der Waals surface area contributed by atoms with Gasteiger partial charge in [0.2, 0.25) is 0 Å². The summed E-state index contributed by atoms with van der Waals surface area (Å²) in [5, 5.41) is 3.54. The molecule has 0 aromatic carbocycles. The van der Waals surface area contributed by atoms with Crippen molar-refractivity contribution in [3.8, 4) is 0 Å². The van der Waals surface area contributed by atoms with Gasteiger partial charge in [0.05, 0.1) is 10.1 Å². The first kappa shape index (κ1) is 20.2. The van der Waals surface area contributed by atoms with E-state index in [1.807, 2.05) is 19.1 Å². The number of pyridine rings is 1. The van der Waals surface area contributed by atoms with Gasteiger partial charge in [-0.05, 0) is 50.0 Å². The number of anilines is 1. The Hall–Kier alpha value is -2.11. The lowest BCUT2D eigenvalue weighted by atomic mass is 10.1. The standard InChI is InChI=1S/C19H21Cl2N3O2/c1-3-4-7-16(20)17(21)11-13(2)22-19(26)24-10-5-6-14-8-9-15(12-25)23-18(14)24/h4,7-9,11-12H,3,5-6,10H2,1-2H3,(H,22,26)/b7-4+,13-11+,17-16-. The summed E-state index contributed by atoms with van der Waals surface area (Å²) in [6.07, 6.45) is 8.40. The minimum absolute atomic E-state index is 0.302. The second kappa shape index (κ2) is 9.55. The molecule has 2 amide bonds. The monoisotopic (exact) mass is 393 g/mol. The average molecular weight is 394 g/mol.